The first-order valence-corrected chi connectivity index (χ1v) is 6.38. The number of rotatable bonds is 2. The number of hydrogen-bond donors (Lipinski definition) is 2. The lowest BCUT2D eigenvalue weighted by Crippen LogP contribution is -2.43. The second-order valence-corrected chi connectivity index (χ2v) is 4.91. The van der Waals surface area contributed by atoms with Crippen LogP contribution in [0, 0.1) is 6.92 Å². The van der Waals surface area contributed by atoms with E-state index in [9.17, 15) is 4.79 Å². The molecule has 0 radical (unpaired) electrons. The molecule has 1 aliphatic rings. The number of hydrogen-bond acceptors (Lipinski definition) is 3. The fraction of sp³-hybridized carbons (Fsp3) is 0.417. The number of carbonyl (C=O) groups is 1. The van der Waals surface area contributed by atoms with Crippen LogP contribution in [0.1, 0.15) is 15.9 Å². The quantitative estimate of drug-likeness (QED) is 0.875. The van der Waals surface area contributed by atoms with Crippen molar-refractivity contribution in [3.05, 3.63) is 27.7 Å². The first-order chi connectivity index (χ1) is 8.11. The van der Waals surface area contributed by atoms with Crippen LogP contribution in [0.2, 0.25) is 0 Å². The highest BCUT2D eigenvalue weighted by Crippen LogP contribution is 2.30. The van der Waals surface area contributed by atoms with Gasteiger partial charge in [0.15, 0.2) is 0 Å². The van der Waals surface area contributed by atoms with Gasteiger partial charge in [0.2, 0.25) is 0 Å². The topological polar surface area (TPSA) is 52.6 Å². The van der Waals surface area contributed by atoms with Crippen LogP contribution >= 0.6 is 15.9 Å². The van der Waals surface area contributed by atoms with Crippen LogP contribution in [0.25, 0.3) is 0 Å². The van der Waals surface area contributed by atoms with Crippen molar-refractivity contribution in [1.29, 1.82) is 0 Å². The van der Waals surface area contributed by atoms with E-state index in [2.05, 4.69) is 26.1 Å². The largest absolute Gasteiger partial charge is 0.478 e. The molecule has 0 unspecified atom stereocenters. The summed E-state index contributed by atoms with van der Waals surface area (Å²) in [6.07, 6.45) is 0. The van der Waals surface area contributed by atoms with Gasteiger partial charge in [0.05, 0.1) is 5.56 Å². The third kappa shape index (κ3) is 2.45. The summed E-state index contributed by atoms with van der Waals surface area (Å²) in [6, 6.07) is 3.56. The lowest BCUT2D eigenvalue weighted by atomic mass is 10.1. The molecular formula is C12H15BrN2O2. The minimum absolute atomic E-state index is 0.321. The van der Waals surface area contributed by atoms with E-state index < -0.39 is 5.97 Å². The van der Waals surface area contributed by atoms with Gasteiger partial charge < -0.3 is 15.3 Å². The average molecular weight is 299 g/mol. The van der Waals surface area contributed by atoms with E-state index in [-0.39, 0.29) is 0 Å². The summed E-state index contributed by atoms with van der Waals surface area (Å²) < 4.78 is 0.682. The summed E-state index contributed by atoms with van der Waals surface area (Å²) in [7, 11) is 0. The summed E-state index contributed by atoms with van der Waals surface area (Å²) in [5.74, 6) is -0.896. The second-order valence-electron chi connectivity index (χ2n) is 4.11. The van der Waals surface area contributed by atoms with Gasteiger partial charge in [-0.3, -0.25) is 0 Å². The SMILES string of the molecule is Cc1c(N2CCNCC2)ccc(C(=O)O)c1Br. The minimum atomic E-state index is -0.896. The Balaban J connectivity index is 2.36. The highest BCUT2D eigenvalue weighted by Gasteiger charge is 2.17. The number of benzene rings is 1. The fourth-order valence-electron chi connectivity index (χ4n) is 2.09. The molecule has 1 aromatic carbocycles. The number of piperazine rings is 1. The summed E-state index contributed by atoms with van der Waals surface area (Å²) in [5.41, 5.74) is 2.43. The number of carboxylic acids is 1. The molecule has 1 heterocycles. The van der Waals surface area contributed by atoms with Crippen LogP contribution in [-0.2, 0) is 0 Å². The fourth-order valence-corrected chi connectivity index (χ4v) is 2.59. The van der Waals surface area contributed by atoms with Crippen molar-refractivity contribution in [3.8, 4) is 0 Å². The molecule has 0 aliphatic carbocycles. The van der Waals surface area contributed by atoms with E-state index in [4.69, 9.17) is 5.11 Å². The van der Waals surface area contributed by atoms with Gasteiger partial charge in [-0.2, -0.15) is 0 Å². The Morgan fingerprint density at radius 2 is 2.06 bits per heavy atom. The molecule has 0 bridgehead atoms. The first-order valence-electron chi connectivity index (χ1n) is 5.59. The molecule has 1 aromatic rings. The molecule has 17 heavy (non-hydrogen) atoms. The van der Waals surface area contributed by atoms with Crippen LogP contribution < -0.4 is 10.2 Å². The summed E-state index contributed by atoms with van der Waals surface area (Å²) >= 11 is 3.38. The maximum atomic E-state index is 11.0. The molecule has 4 nitrogen and oxygen atoms in total. The van der Waals surface area contributed by atoms with Crippen molar-refractivity contribution in [1.82, 2.24) is 5.32 Å². The number of anilines is 1. The zero-order valence-electron chi connectivity index (χ0n) is 9.66. The van der Waals surface area contributed by atoms with Crippen LogP contribution in [0.4, 0.5) is 5.69 Å². The molecule has 5 heteroatoms. The van der Waals surface area contributed by atoms with Gasteiger partial charge in [-0.25, -0.2) is 4.79 Å². The van der Waals surface area contributed by atoms with Gasteiger partial charge in [-0.1, -0.05) is 0 Å². The molecule has 0 spiro atoms. The van der Waals surface area contributed by atoms with E-state index in [0.29, 0.717) is 10.0 Å². The van der Waals surface area contributed by atoms with Crippen molar-refractivity contribution in [2.45, 2.75) is 6.92 Å². The molecule has 1 saturated heterocycles. The molecule has 1 fully saturated rings. The predicted molar refractivity (Wildman–Crippen MR) is 70.9 cm³/mol. The highest BCUT2D eigenvalue weighted by atomic mass is 79.9. The van der Waals surface area contributed by atoms with Gasteiger partial charge in [-0.15, -0.1) is 0 Å². The van der Waals surface area contributed by atoms with Crippen molar-refractivity contribution >= 4 is 27.6 Å². The second kappa shape index (κ2) is 5.06. The van der Waals surface area contributed by atoms with E-state index in [1.54, 1.807) is 6.07 Å². The van der Waals surface area contributed by atoms with E-state index in [1.807, 2.05) is 13.0 Å². The molecular weight excluding hydrogens is 284 g/mol. The highest BCUT2D eigenvalue weighted by molar-refractivity contribution is 9.10. The number of aromatic carboxylic acids is 1. The zero-order chi connectivity index (χ0) is 12.4. The van der Waals surface area contributed by atoms with Crippen molar-refractivity contribution in [2.75, 3.05) is 31.1 Å². The van der Waals surface area contributed by atoms with Gasteiger partial charge in [-0.05, 0) is 40.5 Å². The Morgan fingerprint density at radius 3 is 2.65 bits per heavy atom. The Morgan fingerprint density at radius 1 is 1.41 bits per heavy atom. The average Bonchev–Trinajstić information content (AvgIpc) is 2.33. The molecule has 0 atom stereocenters. The zero-order valence-corrected chi connectivity index (χ0v) is 11.2. The number of nitrogens with zero attached hydrogens (tertiary/aromatic N) is 1. The molecule has 0 amide bonds. The maximum Gasteiger partial charge on any atom is 0.336 e. The predicted octanol–water partition coefficient (Wildman–Crippen LogP) is 1.87. The number of nitrogens with one attached hydrogen (secondary N) is 1. The smallest absolute Gasteiger partial charge is 0.336 e. The molecule has 1 aliphatic heterocycles. The number of carboxylic acid groups (broad SMARTS) is 1. The lowest BCUT2D eigenvalue weighted by Gasteiger charge is -2.31. The van der Waals surface area contributed by atoms with E-state index in [1.165, 1.54) is 0 Å². The third-order valence-electron chi connectivity index (χ3n) is 3.05. The maximum absolute atomic E-state index is 11.0. The standard InChI is InChI=1S/C12H15BrN2O2/c1-8-10(15-6-4-14-5-7-15)3-2-9(11(8)13)12(16)17/h2-3,14H,4-7H2,1H3,(H,16,17). The minimum Gasteiger partial charge on any atom is -0.478 e. The van der Waals surface area contributed by atoms with Crippen molar-refractivity contribution in [2.24, 2.45) is 0 Å². The van der Waals surface area contributed by atoms with Crippen molar-refractivity contribution in [3.63, 3.8) is 0 Å². The summed E-state index contributed by atoms with van der Waals surface area (Å²) in [6.45, 7) is 5.81. The molecule has 2 N–H and O–H groups in total. The molecule has 2 rings (SSSR count). The van der Waals surface area contributed by atoms with Gasteiger partial charge in [0.1, 0.15) is 0 Å². The summed E-state index contributed by atoms with van der Waals surface area (Å²) in [5, 5.41) is 12.3. The Labute approximate surface area is 109 Å². The number of halogens is 1. The van der Waals surface area contributed by atoms with Gasteiger partial charge in [0.25, 0.3) is 0 Å². The van der Waals surface area contributed by atoms with Crippen molar-refractivity contribution < 1.29 is 9.90 Å². The van der Waals surface area contributed by atoms with Crippen LogP contribution in [-0.4, -0.2) is 37.3 Å². The Kier molecular flexibility index (Phi) is 3.69. The van der Waals surface area contributed by atoms with Crippen LogP contribution in [0.3, 0.4) is 0 Å². The van der Waals surface area contributed by atoms with E-state index in [0.717, 1.165) is 37.4 Å². The summed E-state index contributed by atoms with van der Waals surface area (Å²) in [4.78, 5) is 13.3. The van der Waals surface area contributed by atoms with E-state index >= 15 is 0 Å². The van der Waals surface area contributed by atoms with Crippen LogP contribution in [0.15, 0.2) is 16.6 Å². The third-order valence-corrected chi connectivity index (χ3v) is 4.07. The Hall–Kier alpha value is -1.07. The molecule has 0 aromatic heterocycles. The van der Waals surface area contributed by atoms with Crippen LogP contribution in [0.5, 0.6) is 0 Å². The van der Waals surface area contributed by atoms with Gasteiger partial charge >= 0.3 is 5.97 Å². The lowest BCUT2D eigenvalue weighted by molar-refractivity contribution is 0.0696. The normalized spacial score (nSPS) is 16.0. The van der Waals surface area contributed by atoms with Gasteiger partial charge in [0, 0.05) is 36.3 Å². The molecule has 92 valence electrons. The molecule has 0 saturated carbocycles. The Bertz CT molecular complexity index is 442. The monoisotopic (exact) mass is 298 g/mol. The first kappa shape index (κ1) is 12.4.